The normalized spacial score (nSPS) is 26.1. The van der Waals surface area contributed by atoms with Crippen LogP contribution in [0.1, 0.15) is 25.8 Å². The summed E-state index contributed by atoms with van der Waals surface area (Å²) >= 11 is 0. The number of ether oxygens (including phenoxy) is 1. The molecule has 2 heterocycles. The van der Waals surface area contributed by atoms with Crippen molar-refractivity contribution in [2.75, 3.05) is 26.2 Å². The number of rotatable bonds is 3. The van der Waals surface area contributed by atoms with Crippen molar-refractivity contribution >= 4 is 11.6 Å². The lowest BCUT2D eigenvalue weighted by molar-refractivity contribution is -0.135. The first-order valence-electron chi connectivity index (χ1n) is 7.92. The maximum Gasteiger partial charge on any atom is 0.256 e. The Bertz CT molecular complexity index is 558. The fourth-order valence-corrected chi connectivity index (χ4v) is 2.92. The Morgan fingerprint density at radius 1 is 1.32 bits per heavy atom. The van der Waals surface area contributed by atoms with E-state index in [0.29, 0.717) is 19.7 Å². The van der Waals surface area contributed by atoms with Gasteiger partial charge in [0, 0.05) is 19.0 Å². The molecule has 5 heteroatoms. The maximum absolute atomic E-state index is 12.5. The van der Waals surface area contributed by atoms with Crippen LogP contribution in [0.5, 0.6) is 0 Å². The molecule has 22 heavy (non-hydrogen) atoms. The third-order valence-electron chi connectivity index (χ3n) is 4.27. The van der Waals surface area contributed by atoms with Gasteiger partial charge >= 0.3 is 0 Å². The molecule has 0 N–H and O–H groups in total. The second kappa shape index (κ2) is 6.58. The van der Waals surface area contributed by atoms with Gasteiger partial charge in [0.25, 0.3) is 5.91 Å². The highest BCUT2D eigenvalue weighted by Gasteiger charge is 2.28. The summed E-state index contributed by atoms with van der Waals surface area (Å²) in [5.74, 6) is 0.0758. The number of carbonyl (C=O) groups excluding carboxylic acids is 1. The molecule has 1 aromatic carbocycles. The van der Waals surface area contributed by atoms with Gasteiger partial charge in [0.15, 0.2) is 0 Å². The Morgan fingerprint density at radius 3 is 2.86 bits per heavy atom. The molecule has 0 aliphatic carbocycles. The summed E-state index contributed by atoms with van der Waals surface area (Å²) in [6, 6.07) is 10.3. The van der Waals surface area contributed by atoms with Crippen LogP contribution < -0.4 is 0 Å². The van der Waals surface area contributed by atoms with E-state index < -0.39 is 0 Å². The largest absolute Gasteiger partial charge is 0.376 e. The number of amides is 1. The molecule has 1 aromatic rings. The van der Waals surface area contributed by atoms with E-state index in [9.17, 15) is 4.79 Å². The molecule has 2 aliphatic rings. The monoisotopic (exact) mass is 301 g/mol. The lowest BCUT2D eigenvalue weighted by Gasteiger charge is -2.36. The molecule has 0 unspecified atom stereocenters. The average Bonchev–Trinajstić information content (AvgIpc) is 3.02. The highest BCUT2D eigenvalue weighted by molar-refractivity contribution is 6.02. The molecular weight excluding hydrogens is 278 g/mol. The van der Waals surface area contributed by atoms with Gasteiger partial charge in [-0.2, -0.15) is 5.10 Å². The van der Waals surface area contributed by atoms with Crippen molar-refractivity contribution in [3.05, 3.63) is 35.9 Å². The van der Waals surface area contributed by atoms with Crippen molar-refractivity contribution in [2.45, 2.75) is 32.4 Å². The second-order valence-electron chi connectivity index (χ2n) is 6.10. The van der Waals surface area contributed by atoms with E-state index in [1.54, 1.807) is 5.01 Å². The zero-order valence-corrected chi connectivity index (χ0v) is 13.2. The topological polar surface area (TPSA) is 45.1 Å². The van der Waals surface area contributed by atoms with Gasteiger partial charge < -0.3 is 4.74 Å². The second-order valence-corrected chi connectivity index (χ2v) is 6.10. The third-order valence-corrected chi connectivity index (χ3v) is 4.27. The highest BCUT2D eigenvalue weighted by Crippen LogP contribution is 2.16. The van der Waals surface area contributed by atoms with Gasteiger partial charge in [-0.25, -0.2) is 5.01 Å². The van der Waals surface area contributed by atoms with Crippen molar-refractivity contribution < 1.29 is 9.53 Å². The summed E-state index contributed by atoms with van der Waals surface area (Å²) < 4.78 is 5.61. The molecule has 2 aliphatic heterocycles. The number of nitrogens with zero attached hydrogens (tertiary/aromatic N) is 3. The van der Waals surface area contributed by atoms with Crippen LogP contribution in [0.15, 0.2) is 35.4 Å². The first-order chi connectivity index (χ1) is 10.6. The van der Waals surface area contributed by atoms with Gasteiger partial charge in [-0.15, -0.1) is 0 Å². The molecule has 0 spiro atoms. The Kier molecular flexibility index (Phi) is 4.55. The molecule has 0 bridgehead atoms. The van der Waals surface area contributed by atoms with E-state index in [2.05, 4.69) is 16.9 Å². The molecule has 1 amide bonds. The van der Waals surface area contributed by atoms with Gasteiger partial charge in [-0.1, -0.05) is 30.3 Å². The zero-order valence-electron chi connectivity index (χ0n) is 13.2. The first kappa shape index (κ1) is 15.2. The van der Waals surface area contributed by atoms with E-state index in [1.165, 1.54) is 0 Å². The predicted octanol–water partition coefficient (Wildman–Crippen LogP) is 1.73. The fourth-order valence-electron chi connectivity index (χ4n) is 2.92. The Hall–Kier alpha value is -1.72. The number of carbonyl (C=O) groups is 1. The molecule has 0 radical (unpaired) electrons. The Labute approximate surface area is 131 Å². The van der Waals surface area contributed by atoms with Crippen LogP contribution in [-0.4, -0.2) is 59.9 Å². The van der Waals surface area contributed by atoms with Gasteiger partial charge in [-0.05, 0) is 19.4 Å². The van der Waals surface area contributed by atoms with Crippen LogP contribution in [0.4, 0.5) is 0 Å². The van der Waals surface area contributed by atoms with E-state index >= 15 is 0 Å². The molecule has 0 saturated carbocycles. The molecule has 0 aromatic heterocycles. The lowest BCUT2D eigenvalue weighted by atomic mass is 10.1. The number of hydrogen-bond donors (Lipinski definition) is 0. The van der Waals surface area contributed by atoms with E-state index in [1.807, 2.05) is 37.3 Å². The zero-order chi connectivity index (χ0) is 15.5. The highest BCUT2D eigenvalue weighted by atomic mass is 16.5. The van der Waals surface area contributed by atoms with Crippen molar-refractivity contribution in [3.63, 3.8) is 0 Å². The van der Waals surface area contributed by atoms with Crippen LogP contribution in [0.3, 0.4) is 0 Å². The molecule has 3 rings (SSSR count). The molecule has 5 nitrogen and oxygen atoms in total. The van der Waals surface area contributed by atoms with Crippen LogP contribution >= 0.6 is 0 Å². The van der Waals surface area contributed by atoms with Gasteiger partial charge in [-0.3, -0.25) is 9.69 Å². The molecule has 118 valence electrons. The lowest BCUT2D eigenvalue weighted by Crippen LogP contribution is -2.50. The smallest absolute Gasteiger partial charge is 0.256 e. The quantitative estimate of drug-likeness (QED) is 0.854. The Morgan fingerprint density at radius 2 is 2.09 bits per heavy atom. The van der Waals surface area contributed by atoms with E-state index in [4.69, 9.17) is 4.74 Å². The van der Waals surface area contributed by atoms with E-state index in [-0.39, 0.29) is 18.1 Å². The van der Waals surface area contributed by atoms with Crippen LogP contribution in [-0.2, 0) is 9.53 Å². The average molecular weight is 301 g/mol. The standard InChI is InChI=1S/C17H23N3O2/c1-13-12-22-14(2)10-19(13)11-17(21)20-9-8-16(18-20)15-6-4-3-5-7-15/h3-7,13-14H,8-12H2,1-2H3/t13-,14-/m0/s1. The number of morpholine rings is 1. The number of hydrazone groups is 1. The third kappa shape index (κ3) is 3.36. The minimum atomic E-state index is 0.0758. The van der Waals surface area contributed by atoms with Crippen molar-refractivity contribution in [3.8, 4) is 0 Å². The number of benzene rings is 1. The predicted molar refractivity (Wildman–Crippen MR) is 85.8 cm³/mol. The minimum absolute atomic E-state index is 0.0758. The summed E-state index contributed by atoms with van der Waals surface area (Å²) in [5.41, 5.74) is 2.10. The van der Waals surface area contributed by atoms with Crippen LogP contribution in [0.25, 0.3) is 0 Å². The fraction of sp³-hybridized carbons (Fsp3) is 0.529. The number of hydrogen-bond acceptors (Lipinski definition) is 4. The van der Waals surface area contributed by atoms with Gasteiger partial charge in [0.05, 0.1) is 31.5 Å². The maximum atomic E-state index is 12.5. The van der Waals surface area contributed by atoms with Crippen molar-refractivity contribution in [1.29, 1.82) is 0 Å². The molecular formula is C17H23N3O2. The van der Waals surface area contributed by atoms with E-state index in [0.717, 1.165) is 24.2 Å². The Balaban J connectivity index is 1.62. The van der Waals surface area contributed by atoms with Crippen molar-refractivity contribution in [2.24, 2.45) is 5.10 Å². The SMILES string of the molecule is C[C@H]1CN(CC(=O)N2CCC(c3ccccc3)=N2)[C@@H](C)CO1. The van der Waals surface area contributed by atoms with Crippen LogP contribution in [0, 0.1) is 0 Å². The summed E-state index contributed by atoms with van der Waals surface area (Å²) in [5, 5.41) is 6.13. The summed E-state index contributed by atoms with van der Waals surface area (Å²) in [6.45, 7) is 6.73. The molecule has 2 atom stereocenters. The summed E-state index contributed by atoms with van der Waals surface area (Å²) in [4.78, 5) is 14.7. The minimum Gasteiger partial charge on any atom is -0.376 e. The van der Waals surface area contributed by atoms with Crippen molar-refractivity contribution in [1.82, 2.24) is 9.91 Å². The van der Waals surface area contributed by atoms with Gasteiger partial charge in [0.2, 0.25) is 0 Å². The molecule has 1 saturated heterocycles. The summed E-state index contributed by atoms with van der Waals surface area (Å²) in [6.07, 6.45) is 1.01. The molecule has 1 fully saturated rings. The first-order valence-corrected chi connectivity index (χ1v) is 7.92. The van der Waals surface area contributed by atoms with Crippen LogP contribution in [0.2, 0.25) is 0 Å². The summed E-state index contributed by atoms with van der Waals surface area (Å²) in [7, 11) is 0. The van der Waals surface area contributed by atoms with Gasteiger partial charge in [0.1, 0.15) is 0 Å².